The normalized spacial score (nSPS) is 21.1. The predicted molar refractivity (Wildman–Crippen MR) is 76.8 cm³/mol. The fourth-order valence-electron chi connectivity index (χ4n) is 2.52. The van der Waals surface area contributed by atoms with Gasteiger partial charge in [0.25, 0.3) is 0 Å². The average molecular weight is 267 g/mol. The van der Waals surface area contributed by atoms with Crippen LogP contribution in [0.4, 0.5) is 5.69 Å². The summed E-state index contributed by atoms with van der Waals surface area (Å²) >= 11 is 6.16. The first-order valence-corrected chi connectivity index (χ1v) is 6.46. The number of benzene rings is 1. The molecule has 1 unspecified atom stereocenters. The Morgan fingerprint density at radius 3 is 2.78 bits per heavy atom. The van der Waals surface area contributed by atoms with Crippen molar-refractivity contribution in [3.63, 3.8) is 0 Å². The maximum absolute atomic E-state index is 7.70. The highest BCUT2D eigenvalue weighted by molar-refractivity contribution is 6.34. The van der Waals surface area contributed by atoms with E-state index < -0.39 is 0 Å². The molecule has 1 atom stereocenters. The molecule has 3 N–H and O–H groups in total. The molecule has 18 heavy (non-hydrogen) atoms. The van der Waals surface area contributed by atoms with Crippen LogP contribution in [-0.2, 0) is 0 Å². The Morgan fingerprint density at radius 1 is 1.44 bits per heavy atom. The monoisotopic (exact) mass is 266 g/mol. The molecule has 0 aromatic heterocycles. The third kappa shape index (κ3) is 2.44. The number of anilines is 1. The first kappa shape index (κ1) is 13.2. The molecule has 1 saturated heterocycles. The standard InChI is InChI=1S/C13H19ClN4/c1-9-8-17(2)6-7-18(9)11-5-3-4-10(14)12(11)13(15)16/h3-5,9H,6-8H2,1-2H3,(H3,15,16). The first-order chi connectivity index (χ1) is 8.50. The van der Waals surface area contributed by atoms with Crippen molar-refractivity contribution in [2.24, 2.45) is 5.73 Å². The number of halogens is 1. The van der Waals surface area contributed by atoms with Gasteiger partial charge in [-0.1, -0.05) is 17.7 Å². The van der Waals surface area contributed by atoms with E-state index in [0.717, 1.165) is 25.3 Å². The molecule has 0 radical (unpaired) electrons. The summed E-state index contributed by atoms with van der Waals surface area (Å²) < 4.78 is 0. The molecular weight excluding hydrogens is 248 g/mol. The second-order valence-corrected chi connectivity index (χ2v) is 5.26. The molecule has 1 aliphatic rings. The first-order valence-electron chi connectivity index (χ1n) is 6.08. The Labute approximate surface area is 113 Å². The van der Waals surface area contributed by atoms with Gasteiger partial charge in [0.15, 0.2) is 0 Å². The highest BCUT2D eigenvalue weighted by atomic mass is 35.5. The molecule has 1 aliphatic heterocycles. The minimum Gasteiger partial charge on any atom is -0.384 e. The van der Waals surface area contributed by atoms with E-state index in [1.165, 1.54) is 0 Å². The quantitative estimate of drug-likeness (QED) is 0.634. The third-order valence-electron chi connectivity index (χ3n) is 3.40. The summed E-state index contributed by atoms with van der Waals surface area (Å²) in [5.74, 6) is 0.0294. The number of nitrogens with one attached hydrogen (secondary N) is 1. The van der Waals surface area contributed by atoms with Crippen molar-refractivity contribution in [1.29, 1.82) is 5.41 Å². The summed E-state index contributed by atoms with van der Waals surface area (Å²) in [7, 11) is 2.12. The number of nitrogens with two attached hydrogens (primary N) is 1. The zero-order chi connectivity index (χ0) is 13.3. The van der Waals surface area contributed by atoms with E-state index in [4.69, 9.17) is 22.7 Å². The van der Waals surface area contributed by atoms with Gasteiger partial charge in [-0.2, -0.15) is 0 Å². The largest absolute Gasteiger partial charge is 0.384 e. The number of nitrogens with zero attached hydrogens (tertiary/aromatic N) is 2. The minimum absolute atomic E-state index is 0.0294. The number of likely N-dealkylation sites (N-methyl/N-ethyl adjacent to an activating group) is 1. The van der Waals surface area contributed by atoms with E-state index in [1.807, 2.05) is 12.1 Å². The van der Waals surface area contributed by atoms with Crippen LogP contribution in [0.1, 0.15) is 12.5 Å². The maximum Gasteiger partial charge on any atom is 0.126 e. The van der Waals surface area contributed by atoms with Crippen molar-refractivity contribution < 1.29 is 0 Å². The number of hydrogen-bond acceptors (Lipinski definition) is 3. The van der Waals surface area contributed by atoms with Crippen LogP contribution in [0.5, 0.6) is 0 Å². The van der Waals surface area contributed by atoms with Gasteiger partial charge in [0.05, 0.1) is 10.6 Å². The highest BCUT2D eigenvalue weighted by Gasteiger charge is 2.24. The molecule has 1 aromatic rings. The van der Waals surface area contributed by atoms with Gasteiger partial charge in [0.2, 0.25) is 0 Å². The summed E-state index contributed by atoms with van der Waals surface area (Å²) in [5, 5.41) is 8.24. The van der Waals surface area contributed by atoms with Crippen molar-refractivity contribution in [2.75, 3.05) is 31.6 Å². The van der Waals surface area contributed by atoms with Crippen LogP contribution in [0.25, 0.3) is 0 Å². The number of amidine groups is 1. The Hall–Kier alpha value is -1.26. The second kappa shape index (κ2) is 5.16. The Bertz CT molecular complexity index is 460. The van der Waals surface area contributed by atoms with Gasteiger partial charge in [-0.25, -0.2) is 0 Å². The number of rotatable bonds is 2. The van der Waals surface area contributed by atoms with Crippen molar-refractivity contribution in [3.8, 4) is 0 Å². The van der Waals surface area contributed by atoms with Gasteiger partial charge in [-0.15, -0.1) is 0 Å². The lowest BCUT2D eigenvalue weighted by Gasteiger charge is -2.40. The van der Waals surface area contributed by atoms with Crippen molar-refractivity contribution in [1.82, 2.24) is 4.90 Å². The molecule has 5 heteroatoms. The zero-order valence-corrected chi connectivity index (χ0v) is 11.5. The predicted octanol–water partition coefficient (Wildman–Crippen LogP) is 1.76. The van der Waals surface area contributed by atoms with E-state index in [1.54, 1.807) is 6.07 Å². The van der Waals surface area contributed by atoms with Gasteiger partial charge < -0.3 is 15.5 Å². The molecule has 0 aliphatic carbocycles. The molecule has 0 bridgehead atoms. The minimum atomic E-state index is 0.0294. The third-order valence-corrected chi connectivity index (χ3v) is 3.72. The van der Waals surface area contributed by atoms with E-state index in [-0.39, 0.29) is 5.84 Å². The molecule has 1 heterocycles. The number of hydrogen-bond donors (Lipinski definition) is 2. The zero-order valence-electron chi connectivity index (χ0n) is 10.8. The van der Waals surface area contributed by atoms with E-state index >= 15 is 0 Å². The van der Waals surface area contributed by atoms with Crippen LogP contribution in [0.3, 0.4) is 0 Å². The fourth-order valence-corrected chi connectivity index (χ4v) is 2.79. The molecule has 1 fully saturated rings. The van der Waals surface area contributed by atoms with Gasteiger partial charge in [0, 0.05) is 31.4 Å². The SMILES string of the molecule is CC1CN(C)CCN1c1cccc(Cl)c1C(=N)N. The topological polar surface area (TPSA) is 56.4 Å². The van der Waals surface area contributed by atoms with Crippen molar-refractivity contribution >= 4 is 23.1 Å². The maximum atomic E-state index is 7.70. The second-order valence-electron chi connectivity index (χ2n) is 4.85. The molecule has 4 nitrogen and oxygen atoms in total. The summed E-state index contributed by atoms with van der Waals surface area (Å²) in [6.07, 6.45) is 0. The number of piperazine rings is 1. The van der Waals surface area contributed by atoms with Gasteiger partial charge in [-0.05, 0) is 26.1 Å². The van der Waals surface area contributed by atoms with Crippen molar-refractivity contribution in [3.05, 3.63) is 28.8 Å². The van der Waals surface area contributed by atoms with Crippen LogP contribution in [0.2, 0.25) is 5.02 Å². The molecular formula is C13H19ClN4. The van der Waals surface area contributed by atoms with Crippen LogP contribution in [0.15, 0.2) is 18.2 Å². The van der Waals surface area contributed by atoms with Gasteiger partial charge in [-0.3, -0.25) is 5.41 Å². The fraction of sp³-hybridized carbons (Fsp3) is 0.462. The van der Waals surface area contributed by atoms with Gasteiger partial charge in [0.1, 0.15) is 5.84 Å². The smallest absolute Gasteiger partial charge is 0.126 e. The summed E-state index contributed by atoms with van der Waals surface area (Å²) in [4.78, 5) is 4.59. The lowest BCUT2D eigenvalue weighted by atomic mass is 10.1. The summed E-state index contributed by atoms with van der Waals surface area (Å²) in [5.41, 5.74) is 7.27. The molecule has 98 valence electrons. The molecule has 0 amide bonds. The highest BCUT2D eigenvalue weighted by Crippen LogP contribution is 2.29. The molecule has 0 spiro atoms. The van der Waals surface area contributed by atoms with E-state index in [0.29, 0.717) is 16.6 Å². The van der Waals surface area contributed by atoms with Gasteiger partial charge >= 0.3 is 0 Å². The van der Waals surface area contributed by atoms with Crippen LogP contribution >= 0.6 is 11.6 Å². The van der Waals surface area contributed by atoms with Crippen LogP contribution in [0, 0.1) is 5.41 Å². The van der Waals surface area contributed by atoms with E-state index in [2.05, 4.69) is 23.8 Å². The van der Waals surface area contributed by atoms with Crippen LogP contribution < -0.4 is 10.6 Å². The summed E-state index contributed by atoms with van der Waals surface area (Å²) in [6, 6.07) is 6.07. The summed E-state index contributed by atoms with van der Waals surface area (Å²) in [6.45, 7) is 5.12. The lowest BCUT2D eigenvalue weighted by Crippen LogP contribution is -2.51. The molecule has 1 aromatic carbocycles. The Balaban J connectivity index is 2.39. The van der Waals surface area contributed by atoms with Crippen molar-refractivity contribution in [2.45, 2.75) is 13.0 Å². The number of nitrogen functional groups attached to an aromatic ring is 1. The van der Waals surface area contributed by atoms with E-state index in [9.17, 15) is 0 Å². The Kier molecular flexibility index (Phi) is 3.78. The lowest BCUT2D eigenvalue weighted by molar-refractivity contribution is 0.275. The molecule has 2 rings (SSSR count). The van der Waals surface area contributed by atoms with Crippen LogP contribution in [-0.4, -0.2) is 43.5 Å². The Morgan fingerprint density at radius 2 is 2.17 bits per heavy atom. The average Bonchev–Trinajstić information content (AvgIpc) is 2.28. The molecule has 0 saturated carbocycles.